The molecule has 1 aromatic heterocycles. The third-order valence-corrected chi connectivity index (χ3v) is 5.45. The fraction of sp³-hybridized carbons (Fsp3) is 0.750. The lowest BCUT2D eigenvalue weighted by atomic mass is 9.85. The maximum atomic E-state index is 4.69. The van der Waals surface area contributed by atoms with Crippen molar-refractivity contribution in [2.75, 3.05) is 25.0 Å². The summed E-state index contributed by atoms with van der Waals surface area (Å²) in [4.78, 5) is 14.2. The van der Waals surface area contributed by atoms with Gasteiger partial charge in [0.25, 0.3) is 0 Å². The van der Waals surface area contributed by atoms with E-state index in [0.29, 0.717) is 0 Å². The predicted octanol–water partition coefficient (Wildman–Crippen LogP) is 2.23. The Morgan fingerprint density at radius 1 is 1.10 bits per heavy atom. The second-order valence-electron chi connectivity index (χ2n) is 6.70. The Labute approximate surface area is 121 Å². The van der Waals surface area contributed by atoms with Crippen molar-refractivity contribution in [3.8, 4) is 0 Å². The van der Waals surface area contributed by atoms with Crippen molar-refractivity contribution < 1.29 is 0 Å². The highest BCUT2D eigenvalue weighted by atomic mass is 15.3. The SMILES string of the molecule is CN1CCc2ncnc(N3CC[C@@H]4CCCC[C@H]43)c2C1. The van der Waals surface area contributed by atoms with Crippen LogP contribution in [-0.4, -0.2) is 41.0 Å². The average Bonchev–Trinajstić information content (AvgIpc) is 2.90. The largest absolute Gasteiger partial charge is 0.353 e. The van der Waals surface area contributed by atoms with Gasteiger partial charge in [-0.15, -0.1) is 0 Å². The van der Waals surface area contributed by atoms with Crippen LogP contribution in [0.5, 0.6) is 0 Å². The van der Waals surface area contributed by atoms with Gasteiger partial charge in [0.05, 0.1) is 5.69 Å². The van der Waals surface area contributed by atoms with Gasteiger partial charge < -0.3 is 9.80 Å². The molecule has 2 aliphatic heterocycles. The fourth-order valence-electron chi connectivity index (χ4n) is 4.38. The van der Waals surface area contributed by atoms with Gasteiger partial charge in [-0.3, -0.25) is 0 Å². The third-order valence-electron chi connectivity index (χ3n) is 5.45. The first-order valence-corrected chi connectivity index (χ1v) is 8.11. The Hall–Kier alpha value is -1.16. The molecule has 4 nitrogen and oxygen atoms in total. The molecule has 2 atom stereocenters. The zero-order valence-electron chi connectivity index (χ0n) is 12.4. The molecule has 20 heavy (non-hydrogen) atoms. The first-order chi connectivity index (χ1) is 9.83. The maximum absolute atomic E-state index is 4.69. The van der Waals surface area contributed by atoms with Crippen LogP contribution in [0.15, 0.2) is 6.33 Å². The molecule has 2 fully saturated rings. The van der Waals surface area contributed by atoms with Gasteiger partial charge in [0.15, 0.2) is 0 Å². The van der Waals surface area contributed by atoms with Crippen molar-refractivity contribution in [2.24, 2.45) is 5.92 Å². The summed E-state index contributed by atoms with van der Waals surface area (Å²) in [5, 5.41) is 0. The van der Waals surface area contributed by atoms with Crippen LogP contribution in [0.4, 0.5) is 5.82 Å². The van der Waals surface area contributed by atoms with Crippen molar-refractivity contribution in [2.45, 2.75) is 51.1 Å². The lowest BCUT2D eigenvalue weighted by molar-refractivity contribution is 0.307. The van der Waals surface area contributed by atoms with E-state index in [1.807, 2.05) is 0 Å². The number of hydrogen-bond acceptors (Lipinski definition) is 4. The van der Waals surface area contributed by atoms with Crippen LogP contribution in [0.1, 0.15) is 43.4 Å². The Bertz CT molecular complexity index is 501. The van der Waals surface area contributed by atoms with E-state index in [0.717, 1.165) is 31.5 Å². The molecule has 0 radical (unpaired) electrons. The van der Waals surface area contributed by atoms with Crippen molar-refractivity contribution in [1.29, 1.82) is 0 Å². The van der Waals surface area contributed by atoms with E-state index < -0.39 is 0 Å². The summed E-state index contributed by atoms with van der Waals surface area (Å²) in [7, 11) is 2.20. The number of nitrogens with zero attached hydrogens (tertiary/aromatic N) is 4. The molecule has 0 bridgehead atoms. The molecule has 0 spiro atoms. The van der Waals surface area contributed by atoms with Gasteiger partial charge in [0.1, 0.15) is 12.1 Å². The van der Waals surface area contributed by atoms with Crippen LogP contribution in [0, 0.1) is 5.92 Å². The average molecular weight is 272 g/mol. The number of hydrogen-bond donors (Lipinski definition) is 0. The van der Waals surface area contributed by atoms with Crippen molar-refractivity contribution in [3.63, 3.8) is 0 Å². The van der Waals surface area contributed by atoms with Gasteiger partial charge in [-0.1, -0.05) is 12.8 Å². The zero-order valence-corrected chi connectivity index (χ0v) is 12.4. The number of anilines is 1. The monoisotopic (exact) mass is 272 g/mol. The van der Waals surface area contributed by atoms with Crippen molar-refractivity contribution >= 4 is 5.82 Å². The molecule has 1 saturated heterocycles. The number of fused-ring (bicyclic) bond motifs is 2. The van der Waals surface area contributed by atoms with E-state index >= 15 is 0 Å². The fourth-order valence-corrected chi connectivity index (χ4v) is 4.38. The highest BCUT2D eigenvalue weighted by molar-refractivity contribution is 5.51. The summed E-state index contributed by atoms with van der Waals surface area (Å²) in [6.45, 7) is 3.33. The first kappa shape index (κ1) is 12.6. The summed E-state index contributed by atoms with van der Waals surface area (Å²) in [5.41, 5.74) is 2.68. The minimum Gasteiger partial charge on any atom is -0.353 e. The zero-order chi connectivity index (χ0) is 13.5. The minimum absolute atomic E-state index is 0.745. The number of rotatable bonds is 1. The highest BCUT2D eigenvalue weighted by Gasteiger charge is 2.37. The molecule has 0 aromatic carbocycles. The van der Waals surface area contributed by atoms with Crippen LogP contribution in [0.25, 0.3) is 0 Å². The topological polar surface area (TPSA) is 32.3 Å². The standard InChI is InChI=1S/C16H24N4/c1-19-8-7-14-13(10-19)16(18-11-17-14)20-9-6-12-4-2-3-5-15(12)20/h11-12,15H,2-10H2,1H3/t12-,15+/m0/s1. The van der Waals surface area contributed by atoms with E-state index in [9.17, 15) is 0 Å². The molecule has 1 aromatic rings. The molecular formula is C16H24N4. The molecular weight excluding hydrogens is 248 g/mol. The molecule has 4 heteroatoms. The van der Waals surface area contributed by atoms with Crippen LogP contribution in [0.2, 0.25) is 0 Å². The molecule has 4 rings (SSSR count). The van der Waals surface area contributed by atoms with Gasteiger partial charge in [0, 0.05) is 37.7 Å². The smallest absolute Gasteiger partial charge is 0.137 e. The van der Waals surface area contributed by atoms with Gasteiger partial charge in [-0.2, -0.15) is 0 Å². The first-order valence-electron chi connectivity index (χ1n) is 8.11. The Morgan fingerprint density at radius 2 is 2.00 bits per heavy atom. The van der Waals surface area contributed by atoms with E-state index in [2.05, 4.69) is 26.8 Å². The third kappa shape index (κ3) is 2.01. The second kappa shape index (κ2) is 4.99. The van der Waals surface area contributed by atoms with Crippen molar-refractivity contribution in [1.82, 2.24) is 14.9 Å². The van der Waals surface area contributed by atoms with Crippen LogP contribution >= 0.6 is 0 Å². The lowest BCUT2D eigenvalue weighted by Gasteiger charge is -2.35. The molecule has 1 aliphatic carbocycles. The van der Waals surface area contributed by atoms with E-state index in [-0.39, 0.29) is 0 Å². The molecule has 108 valence electrons. The normalized spacial score (nSPS) is 30.1. The van der Waals surface area contributed by atoms with Gasteiger partial charge in [-0.25, -0.2) is 9.97 Å². The maximum Gasteiger partial charge on any atom is 0.137 e. The predicted molar refractivity (Wildman–Crippen MR) is 79.8 cm³/mol. The lowest BCUT2D eigenvalue weighted by Crippen LogP contribution is -2.37. The number of aromatic nitrogens is 2. The Kier molecular flexibility index (Phi) is 3.14. The molecule has 3 heterocycles. The van der Waals surface area contributed by atoms with Gasteiger partial charge in [-0.05, 0) is 32.2 Å². The quantitative estimate of drug-likeness (QED) is 0.785. The molecule has 3 aliphatic rings. The second-order valence-corrected chi connectivity index (χ2v) is 6.70. The Balaban J connectivity index is 1.68. The molecule has 1 saturated carbocycles. The van der Waals surface area contributed by atoms with E-state index in [1.54, 1.807) is 6.33 Å². The van der Waals surface area contributed by atoms with Crippen LogP contribution in [0.3, 0.4) is 0 Å². The minimum atomic E-state index is 0.745. The van der Waals surface area contributed by atoms with Gasteiger partial charge in [0.2, 0.25) is 0 Å². The molecule has 0 amide bonds. The van der Waals surface area contributed by atoms with E-state index in [4.69, 9.17) is 0 Å². The summed E-state index contributed by atoms with van der Waals surface area (Å²) >= 11 is 0. The van der Waals surface area contributed by atoms with E-state index in [1.165, 1.54) is 55.7 Å². The summed E-state index contributed by atoms with van der Waals surface area (Å²) in [6, 6.07) is 0.745. The van der Waals surface area contributed by atoms with Crippen molar-refractivity contribution in [3.05, 3.63) is 17.6 Å². The Morgan fingerprint density at radius 3 is 2.95 bits per heavy atom. The summed E-state index contributed by atoms with van der Waals surface area (Å²) < 4.78 is 0. The summed E-state index contributed by atoms with van der Waals surface area (Å²) in [5.74, 6) is 2.16. The molecule has 0 unspecified atom stereocenters. The van der Waals surface area contributed by atoms with Gasteiger partial charge >= 0.3 is 0 Å². The highest BCUT2D eigenvalue weighted by Crippen LogP contribution is 2.39. The molecule has 0 N–H and O–H groups in total. The summed E-state index contributed by atoms with van der Waals surface area (Å²) in [6.07, 6.45) is 9.83. The van der Waals surface area contributed by atoms with Crippen LogP contribution < -0.4 is 4.90 Å². The van der Waals surface area contributed by atoms with Crippen LogP contribution in [-0.2, 0) is 13.0 Å². The number of likely N-dealkylation sites (N-methyl/N-ethyl adjacent to an activating group) is 1.